The quantitative estimate of drug-likeness (QED) is 0.426. The third kappa shape index (κ3) is 6.22. The van der Waals surface area contributed by atoms with E-state index in [4.69, 9.17) is 0 Å². The Labute approximate surface area is 215 Å². The van der Waals surface area contributed by atoms with Gasteiger partial charge in [0.25, 0.3) is 0 Å². The van der Waals surface area contributed by atoms with E-state index in [9.17, 15) is 4.79 Å². The number of amides is 1. The number of carbonyl (C=O) groups excluding carboxylic acids is 1. The summed E-state index contributed by atoms with van der Waals surface area (Å²) in [6, 6.07) is 21.5. The molecule has 1 N–H and O–H groups in total. The Morgan fingerprint density at radius 1 is 0.972 bits per heavy atom. The fraction of sp³-hybridized carbons (Fsp3) is 0.500. The molecular formula is C30H39N5O. The molecule has 1 saturated heterocycles. The monoisotopic (exact) mass is 485 g/mol. The van der Waals surface area contributed by atoms with Crippen LogP contribution < -0.4 is 5.32 Å². The first-order valence-electron chi connectivity index (χ1n) is 13.7. The molecule has 2 heterocycles. The number of nitrogens with zero attached hydrogens (tertiary/aromatic N) is 4. The van der Waals surface area contributed by atoms with E-state index in [1.54, 1.807) is 0 Å². The largest absolute Gasteiger partial charge is 0.349 e. The van der Waals surface area contributed by atoms with Crippen molar-refractivity contribution in [3.05, 3.63) is 83.4 Å². The molecule has 5 rings (SSSR count). The SMILES string of the molecule is Cc1nnc(Cc2ccccc2)n1C1CCN(CC[C@H](NC(=O)CC2CCC2)c2ccccc2)CC1. The van der Waals surface area contributed by atoms with E-state index in [0.29, 0.717) is 18.4 Å². The lowest BCUT2D eigenvalue weighted by Gasteiger charge is -2.34. The summed E-state index contributed by atoms with van der Waals surface area (Å²) >= 11 is 0. The molecule has 1 aliphatic carbocycles. The van der Waals surface area contributed by atoms with Gasteiger partial charge in [0.05, 0.1) is 6.04 Å². The Hall–Kier alpha value is -2.99. The number of rotatable bonds is 10. The zero-order valence-corrected chi connectivity index (χ0v) is 21.5. The van der Waals surface area contributed by atoms with Crippen LogP contribution >= 0.6 is 0 Å². The molecule has 1 amide bonds. The van der Waals surface area contributed by atoms with Gasteiger partial charge in [0.2, 0.25) is 5.91 Å². The molecule has 2 aliphatic rings. The van der Waals surface area contributed by atoms with Crippen LogP contribution in [0.4, 0.5) is 0 Å². The van der Waals surface area contributed by atoms with Gasteiger partial charge in [0, 0.05) is 38.5 Å². The fourth-order valence-corrected chi connectivity index (χ4v) is 5.72. The second-order valence-electron chi connectivity index (χ2n) is 10.6. The van der Waals surface area contributed by atoms with Gasteiger partial charge in [-0.15, -0.1) is 10.2 Å². The smallest absolute Gasteiger partial charge is 0.220 e. The van der Waals surface area contributed by atoms with Crippen molar-refractivity contribution in [1.29, 1.82) is 0 Å². The topological polar surface area (TPSA) is 63.1 Å². The summed E-state index contributed by atoms with van der Waals surface area (Å²) in [4.78, 5) is 15.3. The van der Waals surface area contributed by atoms with Crippen LogP contribution in [0, 0.1) is 12.8 Å². The van der Waals surface area contributed by atoms with Crippen molar-refractivity contribution in [2.24, 2.45) is 5.92 Å². The number of benzene rings is 2. The molecule has 0 radical (unpaired) electrons. The lowest BCUT2D eigenvalue weighted by atomic mass is 9.83. The zero-order chi connectivity index (χ0) is 24.7. The van der Waals surface area contributed by atoms with Crippen LogP contribution in [0.3, 0.4) is 0 Å². The van der Waals surface area contributed by atoms with Crippen molar-refractivity contribution in [2.45, 2.75) is 70.4 Å². The van der Waals surface area contributed by atoms with E-state index in [1.807, 2.05) is 6.07 Å². The number of piperidine rings is 1. The van der Waals surface area contributed by atoms with Gasteiger partial charge in [-0.25, -0.2) is 0 Å². The van der Waals surface area contributed by atoms with Crippen molar-refractivity contribution in [3.8, 4) is 0 Å². The van der Waals surface area contributed by atoms with E-state index >= 15 is 0 Å². The summed E-state index contributed by atoms with van der Waals surface area (Å²) in [5.41, 5.74) is 2.48. The normalized spacial score (nSPS) is 18.0. The van der Waals surface area contributed by atoms with Crippen molar-refractivity contribution < 1.29 is 4.79 Å². The maximum Gasteiger partial charge on any atom is 0.220 e. The van der Waals surface area contributed by atoms with Gasteiger partial charge in [-0.3, -0.25) is 4.79 Å². The van der Waals surface area contributed by atoms with Crippen LogP contribution in [-0.2, 0) is 11.2 Å². The molecule has 0 spiro atoms. The van der Waals surface area contributed by atoms with Crippen LogP contribution in [0.2, 0.25) is 0 Å². The fourth-order valence-electron chi connectivity index (χ4n) is 5.72. The Bertz CT molecular complexity index is 1100. The highest BCUT2D eigenvalue weighted by molar-refractivity contribution is 5.76. The summed E-state index contributed by atoms with van der Waals surface area (Å²) in [6.45, 7) is 5.19. The lowest BCUT2D eigenvalue weighted by Crippen LogP contribution is -2.38. The number of hydrogen-bond acceptors (Lipinski definition) is 4. The second-order valence-corrected chi connectivity index (χ2v) is 10.6. The van der Waals surface area contributed by atoms with Crippen molar-refractivity contribution in [3.63, 3.8) is 0 Å². The summed E-state index contributed by atoms with van der Waals surface area (Å²) in [6.07, 6.45) is 8.33. The molecule has 0 bridgehead atoms. The van der Waals surface area contributed by atoms with Gasteiger partial charge in [-0.1, -0.05) is 67.1 Å². The Balaban J connectivity index is 1.16. The summed E-state index contributed by atoms with van der Waals surface area (Å²) in [5.74, 6) is 2.88. The first-order valence-corrected chi connectivity index (χ1v) is 13.7. The standard InChI is InChI=1S/C30H39N5O/c1-23-32-33-29(21-24-9-4-2-5-10-24)35(23)27-15-18-34(19-16-27)20-17-28(26-13-6-3-7-14-26)31-30(36)22-25-11-8-12-25/h2-7,9-10,13-14,25,27-28H,8,11-12,15-22H2,1H3,(H,31,36)/t28-/m0/s1. The average molecular weight is 486 g/mol. The van der Waals surface area contributed by atoms with Gasteiger partial charge in [0.15, 0.2) is 0 Å². The first kappa shape index (κ1) is 24.7. The molecule has 190 valence electrons. The second kappa shape index (κ2) is 11.8. The van der Waals surface area contributed by atoms with Crippen molar-refractivity contribution >= 4 is 5.91 Å². The van der Waals surface area contributed by atoms with Crippen molar-refractivity contribution in [1.82, 2.24) is 25.0 Å². The molecule has 1 saturated carbocycles. The highest BCUT2D eigenvalue weighted by Gasteiger charge is 2.26. The van der Waals surface area contributed by atoms with Crippen molar-refractivity contribution in [2.75, 3.05) is 19.6 Å². The van der Waals surface area contributed by atoms with E-state index in [1.165, 1.54) is 30.4 Å². The molecule has 6 heteroatoms. The van der Waals surface area contributed by atoms with Gasteiger partial charge < -0.3 is 14.8 Å². The minimum Gasteiger partial charge on any atom is -0.349 e. The van der Waals surface area contributed by atoms with E-state index in [0.717, 1.165) is 57.0 Å². The number of likely N-dealkylation sites (tertiary alicyclic amines) is 1. The van der Waals surface area contributed by atoms with Crippen LogP contribution in [0.15, 0.2) is 60.7 Å². The van der Waals surface area contributed by atoms with E-state index in [-0.39, 0.29) is 11.9 Å². The molecule has 2 aromatic carbocycles. The highest BCUT2D eigenvalue weighted by Crippen LogP contribution is 2.30. The summed E-state index contributed by atoms with van der Waals surface area (Å²) in [7, 11) is 0. The predicted octanol–water partition coefficient (Wildman–Crippen LogP) is 5.25. The summed E-state index contributed by atoms with van der Waals surface area (Å²) < 4.78 is 2.37. The Kier molecular flexibility index (Phi) is 8.11. The third-order valence-electron chi connectivity index (χ3n) is 8.03. The molecule has 0 unspecified atom stereocenters. The third-order valence-corrected chi connectivity index (χ3v) is 8.03. The maximum atomic E-state index is 12.7. The van der Waals surface area contributed by atoms with E-state index < -0.39 is 0 Å². The molecule has 1 atom stereocenters. The van der Waals surface area contributed by atoms with Crippen LogP contribution in [0.1, 0.15) is 79.8 Å². The number of carbonyl (C=O) groups is 1. The molecule has 1 aromatic heterocycles. The Morgan fingerprint density at radius 3 is 2.33 bits per heavy atom. The maximum absolute atomic E-state index is 12.7. The highest BCUT2D eigenvalue weighted by atomic mass is 16.1. The molecule has 1 aliphatic heterocycles. The minimum absolute atomic E-state index is 0.0778. The predicted molar refractivity (Wildman–Crippen MR) is 143 cm³/mol. The molecule has 36 heavy (non-hydrogen) atoms. The first-order chi connectivity index (χ1) is 17.7. The number of aromatic nitrogens is 3. The van der Waals surface area contributed by atoms with Crippen LogP contribution in [0.5, 0.6) is 0 Å². The van der Waals surface area contributed by atoms with Gasteiger partial charge in [-0.05, 0) is 56.1 Å². The molecular weight excluding hydrogens is 446 g/mol. The molecule has 3 aromatic rings. The average Bonchev–Trinajstić information content (AvgIpc) is 3.25. The number of hydrogen-bond donors (Lipinski definition) is 1. The molecule has 6 nitrogen and oxygen atoms in total. The number of nitrogens with one attached hydrogen (secondary N) is 1. The van der Waals surface area contributed by atoms with Crippen LogP contribution in [-0.4, -0.2) is 45.2 Å². The minimum atomic E-state index is 0.0778. The zero-order valence-electron chi connectivity index (χ0n) is 21.5. The van der Waals surface area contributed by atoms with E-state index in [2.05, 4.69) is 86.5 Å². The Morgan fingerprint density at radius 2 is 1.67 bits per heavy atom. The molecule has 2 fully saturated rings. The number of aryl methyl sites for hydroxylation is 1. The van der Waals surface area contributed by atoms with Gasteiger partial charge >= 0.3 is 0 Å². The lowest BCUT2D eigenvalue weighted by molar-refractivity contribution is -0.123. The van der Waals surface area contributed by atoms with Gasteiger partial charge in [0.1, 0.15) is 11.6 Å². The summed E-state index contributed by atoms with van der Waals surface area (Å²) in [5, 5.41) is 12.3. The van der Waals surface area contributed by atoms with Gasteiger partial charge in [-0.2, -0.15) is 0 Å². The van der Waals surface area contributed by atoms with Crippen LogP contribution in [0.25, 0.3) is 0 Å².